The zero-order chi connectivity index (χ0) is 17.8. The first-order chi connectivity index (χ1) is 12.0. The van der Waals surface area contributed by atoms with Gasteiger partial charge in [-0.05, 0) is 23.8 Å². The van der Waals surface area contributed by atoms with Gasteiger partial charge in [-0.2, -0.15) is 0 Å². The van der Waals surface area contributed by atoms with Crippen LogP contribution in [0.25, 0.3) is 5.65 Å². The van der Waals surface area contributed by atoms with Gasteiger partial charge < -0.3 is 9.84 Å². The SMILES string of the molecule is O[C@H](COCc1ccc(Cl)cc1)CSc1nnc2c(Cl)cc(Cl)cn12. The Hall–Kier alpha value is -1.02. The molecule has 0 radical (unpaired) electrons. The van der Waals surface area contributed by atoms with Gasteiger partial charge in [-0.25, -0.2) is 0 Å². The van der Waals surface area contributed by atoms with Gasteiger partial charge in [0.15, 0.2) is 10.8 Å². The lowest BCUT2D eigenvalue weighted by Crippen LogP contribution is -2.18. The summed E-state index contributed by atoms with van der Waals surface area (Å²) in [4.78, 5) is 0. The van der Waals surface area contributed by atoms with Gasteiger partial charge in [-0.1, -0.05) is 58.7 Å². The van der Waals surface area contributed by atoms with Gasteiger partial charge in [0.05, 0.1) is 29.4 Å². The fourth-order valence-electron chi connectivity index (χ4n) is 2.11. The number of hydrogen-bond donors (Lipinski definition) is 1. The van der Waals surface area contributed by atoms with E-state index in [1.165, 1.54) is 11.8 Å². The molecule has 0 fully saturated rings. The first-order valence-corrected chi connectivity index (χ1v) is 9.47. The summed E-state index contributed by atoms with van der Waals surface area (Å²) < 4.78 is 7.23. The minimum atomic E-state index is -0.640. The Morgan fingerprint density at radius 3 is 2.64 bits per heavy atom. The van der Waals surface area contributed by atoms with Crippen molar-refractivity contribution in [3.63, 3.8) is 0 Å². The molecule has 5 nitrogen and oxygen atoms in total. The maximum atomic E-state index is 10.1. The third-order valence-corrected chi connectivity index (χ3v) is 5.12. The first kappa shape index (κ1) is 18.8. The second-order valence-electron chi connectivity index (χ2n) is 5.29. The summed E-state index contributed by atoms with van der Waals surface area (Å²) in [6, 6.07) is 9.00. The van der Waals surface area contributed by atoms with Crippen molar-refractivity contribution in [1.82, 2.24) is 14.6 Å². The lowest BCUT2D eigenvalue weighted by molar-refractivity contribution is 0.0398. The van der Waals surface area contributed by atoms with Crippen LogP contribution in [0.15, 0.2) is 41.7 Å². The number of aliphatic hydroxyl groups excluding tert-OH is 1. The largest absolute Gasteiger partial charge is 0.390 e. The van der Waals surface area contributed by atoms with E-state index in [9.17, 15) is 5.11 Å². The van der Waals surface area contributed by atoms with Gasteiger partial charge in [0.2, 0.25) is 0 Å². The summed E-state index contributed by atoms with van der Waals surface area (Å²) in [6.45, 7) is 0.631. The number of ether oxygens (including phenoxy) is 1. The predicted octanol–water partition coefficient (Wildman–Crippen LogP) is 4.36. The molecule has 0 bridgehead atoms. The van der Waals surface area contributed by atoms with Crippen LogP contribution in [-0.2, 0) is 11.3 Å². The lowest BCUT2D eigenvalue weighted by Gasteiger charge is -2.10. The predicted molar refractivity (Wildman–Crippen MR) is 101 cm³/mol. The van der Waals surface area contributed by atoms with E-state index in [-0.39, 0.29) is 6.61 Å². The van der Waals surface area contributed by atoms with Crippen molar-refractivity contribution >= 4 is 52.2 Å². The Kier molecular flexibility index (Phi) is 6.44. The molecule has 2 aromatic heterocycles. The van der Waals surface area contributed by atoms with Gasteiger partial charge in [0.25, 0.3) is 0 Å². The van der Waals surface area contributed by atoms with Crippen LogP contribution in [0.2, 0.25) is 15.1 Å². The highest BCUT2D eigenvalue weighted by molar-refractivity contribution is 7.99. The number of thioether (sulfide) groups is 1. The molecule has 0 amide bonds. The van der Waals surface area contributed by atoms with Crippen molar-refractivity contribution in [2.45, 2.75) is 17.9 Å². The molecule has 132 valence electrons. The normalized spacial score (nSPS) is 12.6. The molecule has 0 aliphatic rings. The van der Waals surface area contributed by atoms with Crippen LogP contribution in [0.1, 0.15) is 5.56 Å². The number of aromatic nitrogens is 3. The summed E-state index contributed by atoms with van der Waals surface area (Å²) >= 11 is 19.3. The van der Waals surface area contributed by atoms with Gasteiger partial charge in [-0.15, -0.1) is 10.2 Å². The smallest absolute Gasteiger partial charge is 0.195 e. The van der Waals surface area contributed by atoms with E-state index in [0.29, 0.717) is 38.2 Å². The second-order valence-corrected chi connectivity index (χ2v) is 7.56. The molecule has 1 aromatic carbocycles. The highest BCUT2D eigenvalue weighted by Crippen LogP contribution is 2.25. The Morgan fingerprint density at radius 2 is 1.88 bits per heavy atom. The Morgan fingerprint density at radius 1 is 1.12 bits per heavy atom. The summed E-state index contributed by atoms with van der Waals surface area (Å²) in [5.74, 6) is 0.408. The van der Waals surface area contributed by atoms with Crippen molar-refractivity contribution in [3.05, 3.63) is 57.2 Å². The number of nitrogens with zero attached hydrogens (tertiary/aromatic N) is 3. The van der Waals surface area contributed by atoms with Crippen LogP contribution in [0.3, 0.4) is 0 Å². The Labute approximate surface area is 163 Å². The highest BCUT2D eigenvalue weighted by Gasteiger charge is 2.13. The van der Waals surface area contributed by atoms with Crippen LogP contribution >= 0.6 is 46.6 Å². The van der Waals surface area contributed by atoms with Crippen molar-refractivity contribution in [2.75, 3.05) is 12.4 Å². The number of hydrogen-bond acceptors (Lipinski definition) is 5. The number of fused-ring (bicyclic) bond motifs is 1. The molecule has 2 heterocycles. The summed E-state index contributed by atoms with van der Waals surface area (Å²) in [5.41, 5.74) is 1.53. The van der Waals surface area contributed by atoms with Crippen LogP contribution in [0.4, 0.5) is 0 Å². The van der Waals surface area contributed by atoms with Crippen molar-refractivity contribution in [2.24, 2.45) is 0 Å². The van der Waals surface area contributed by atoms with Crippen molar-refractivity contribution in [3.8, 4) is 0 Å². The zero-order valence-electron chi connectivity index (χ0n) is 12.9. The van der Waals surface area contributed by atoms with E-state index in [1.807, 2.05) is 12.1 Å². The maximum Gasteiger partial charge on any atom is 0.195 e. The van der Waals surface area contributed by atoms with E-state index in [0.717, 1.165) is 5.56 Å². The monoisotopic (exact) mass is 417 g/mol. The summed E-state index contributed by atoms with van der Waals surface area (Å²) in [7, 11) is 0. The highest BCUT2D eigenvalue weighted by atomic mass is 35.5. The molecule has 9 heteroatoms. The average molecular weight is 419 g/mol. The van der Waals surface area contributed by atoms with Gasteiger partial charge in [0, 0.05) is 17.0 Å². The standard InChI is InChI=1S/C16H14Cl3N3O2S/c17-11-3-1-10(2-4-11)7-24-8-13(23)9-25-16-21-20-15-14(19)5-12(18)6-22(15)16/h1-6,13,23H,7-9H2/t13-/m1/s1. The van der Waals surface area contributed by atoms with Crippen LogP contribution in [0.5, 0.6) is 0 Å². The minimum absolute atomic E-state index is 0.216. The van der Waals surface area contributed by atoms with Gasteiger partial charge >= 0.3 is 0 Å². The fraction of sp³-hybridized carbons (Fsp3) is 0.250. The molecular formula is C16H14Cl3N3O2S. The molecule has 0 unspecified atom stereocenters. The maximum absolute atomic E-state index is 10.1. The third kappa shape index (κ3) is 5.00. The van der Waals surface area contributed by atoms with E-state index >= 15 is 0 Å². The molecule has 25 heavy (non-hydrogen) atoms. The molecule has 3 aromatic rings. The number of benzene rings is 1. The Bertz CT molecular complexity index is 858. The molecule has 3 rings (SSSR count). The number of pyridine rings is 1. The van der Waals surface area contributed by atoms with E-state index in [1.54, 1.807) is 28.8 Å². The minimum Gasteiger partial charge on any atom is -0.390 e. The average Bonchev–Trinajstić information content (AvgIpc) is 2.98. The third-order valence-electron chi connectivity index (χ3n) is 3.29. The molecular weight excluding hydrogens is 405 g/mol. The van der Waals surface area contributed by atoms with Crippen molar-refractivity contribution < 1.29 is 9.84 Å². The van der Waals surface area contributed by atoms with Gasteiger partial charge in [-0.3, -0.25) is 4.40 Å². The molecule has 1 atom stereocenters. The van der Waals surface area contributed by atoms with Crippen molar-refractivity contribution in [1.29, 1.82) is 0 Å². The zero-order valence-corrected chi connectivity index (χ0v) is 16.0. The van der Waals surface area contributed by atoms with Gasteiger partial charge in [0.1, 0.15) is 0 Å². The van der Waals surface area contributed by atoms with E-state index < -0.39 is 6.10 Å². The lowest BCUT2D eigenvalue weighted by atomic mass is 10.2. The quantitative estimate of drug-likeness (QED) is 0.578. The summed E-state index contributed by atoms with van der Waals surface area (Å²) in [6.07, 6.45) is 1.05. The van der Waals surface area contributed by atoms with E-state index in [2.05, 4.69) is 10.2 Å². The number of halogens is 3. The summed E-state index contributed by atoms with van der Waals surface area (Å²) in [5, 5.41) is 20.4. The topological polar surface area (TPSA) is 59.7 Å². The molecule has 1 N–H and O–H groups in total. The fourth-order valence-corrected chi connectivity index (χ4v) is 3.56. The molecule has 0 saturated carbocycles. The van der Waals surface area contributed by atoms with E-state index in [4.69, 9.17) is 39.5 Å². The molecule has 0 saturated heterocycles. The van der Waals surface area contributed by atoms with Crippen LogP contribution < -0.4 is 0 Å². The number of aliphatic hydroxyl groups is 1. The van der Waals surface area contributed by atoms with Crippen LogP contribution in [0, 0.1) is 0 Å². The second kappa shape index (κ2) is 8.58. The molecule has 0 aliphatic carbocycles. The van der Waals surface area contributed by atoms with Crippen LogP contribution in [-0.4, -0.2) is 38.2 Å². The first-order valence-electron chi connectivity index (χ1n) is 7.36. The molecule has 0 aliphatic heterocycles. The number of rotatable bonds is 7. The Balaban J connectivity index is 1.50. The molecule has 0 spiro atoms.